The molecule has 1 heterocycles. The molecule has 0 amide bonds. The van der Waals surface area contributed by atoms with E-state index >= 15 is 0 Å². The first kappa shape index (κ1) is 14.0. The van der Waals surface area contributed by atoms with Crippen LogP contribution in [0.3, 0.4) is 0 Å². The number of hydrogen-bond donors (Lipinski definition) is 0. The van der Waals surface area contributed by atoms with Crippen LogP contribution in [0.1, 0.15) is 30.9 Å². The van der Waals surface area contributed by atoms with Crippen molar-refractivity contribution in [2.45, 2.75) is 26.4 Å². The molecule has 0 aliphatic heterocycles. The summed E-state index contributed by atoms with van der Waals surface area (Å²) in [6.45, 7) is 4.69. The maximum absolute atomic E-state index is 13.2. The maximum atomic E-state index is 13.2. The smallest absolute Gasteiger partial charge is 0.230 e. The minimum absolute atomic E-state index is 0.286. The molecule has 4 heteroatoms. The van der Waals surface area contributed by atoms with Crippen LogP contribution in [0.4, 0.5) is 4.39 Å². The van der Waals surface area contributed by atoms with Crippen molar-refractivity contribution in [3.8, 4) is 5.88 Å². The van der Waals surface area contributed by atoms with Gasteiger partial charge in [0.1, 0.15) is 6.61 Å². The highest BCUT2D eigenvalue weighted by atomic mass is 79.9. The lowest BCUT2D eigenvalue weighted by Crippen LogP contribution is -1.99. The van der Waals surface area contributed by atoms with Gasteiger partial charge in [-0.25, -0.2) is 0 Å². The number of aromatic nitrogens is 1. The van der Waals surface area contributed by atoms with Crippen LogP contribution in [0.5, 0.6) is 5.88 Å². The van der Waals surface area contributed by atoms with Crippen LogP contribution in [0, 0.1) is 5.95 Å². The molecule has 0 unspecified atom stereocenters. The first-order chi connectivity index (χ1) is 9.06. The van der Waals surface area contributed by atoms with Gasteiger partial charge in [0.2, 0.25) is 11.8 Å². The molecule has 100 valence electrons. The number of ether oxygens (including phenoxy) is 1. The summed E-state index contributed by atoms with van der Waals surface area (Å²) in [6, 6.07) is 11.4. The first-order valence-electron chi connectivity index (χ1n) is 6.10. The molecule has 0 N–H and O–H groups in total. The Labute approximate surface area is 120 Å². The Morgan fingerprint density at radius 2 is 1.84 bits per heavy atom. The fraction of sp³-hybridized carbons (Fsp3) is 0.267. The van der Waals surface area contributed by atoms with Gasteiger partial charge >= 0.3 is 0 Å². The molecule has 0 fully saturated rings. The Morgan fingerprint density at radius 1 is 1.16 bits per heavy atom. The minimum Gasteiger partial charge on any atom is -0.473 e. The van der Waals surface area contributed by atoms with Gasteiger partial charge in [0.05, 0.1) is 4.47 Å². The van der Waals surface area contributed by atoms with Crippen molar-refractivity contribution in [3.63, 3.8) is 0 Å². The molecule has 1 aromatic carbocycles. The SMILES string of the molecule is CC(C)c1ccc(COc2ccc(Br)c(F)n2)cc1. The van der Waals surface area contributed by atoms with Crippen molar-refractivity contribution in [2.75, 3.05) is 0 Å². The molecule has 1 aromatic heterocycles. The van der Waals surface area contributed by atoms with E-state index in [2.05, 4.69) is 46.9 Å². The average molecular weight is 324 g/mol. The summed E-state index contributed by atoms with van der Waals surface area (Å²) in [7, 11) is 0. The van der Waals surface area contributed by atoms with Gasteiger partial charge in [-0.2, -0.15) is 9.37 Å². The summed E-state index contributed by atoms with van der Waals surface area (Å²) in [4.78, 5) is 3.70. The van der Waals surface area contributed by atoms with E-state index < -0.39 is 5.95 Å². The number of halogens is 2. The third kappa shape index (κ3) is 3.77. The molecule has 0 radical (unpaired) electrons. The van der Waals surface area contributed by atoms with E-state index in [9.17, 15) is 4.39 Å². The standard InChI is InChI=1S/C15H15BrFNO/c1-10(2)12-5-3-11(4-6-12)9-19-14-8-7-13(16)15(17)18-14/h3-8,10H,9H2,1-2H3. The molecule has 0 spiro atoms. The first-order valence-corrected chi connectivity index (χ1v) is 6.89. The molecule has 0 bridgehead atoms. The lowest BCUT2D eigenvalue weighted by atomic mass is 10.0. The van der Waals surface area contributed by atoms with Crippen molar-refractivity contribution >= 4 is 15.9 Å². The minimum atomic E-state index is -0.562. The summed E-state index contributed by atoms with van der Waals surface area (Å²) in [6.07, 6.45) is 0. The topological polar surface area (TPSA) is 22.1 Å². The summed E-state index contributed by atoms with van der Waals surface area (Å²) < 4.78 is 19.0. The second-order valence-corrected chi connectivity index (χ2v) is 5.46. The molecule has 2 nitrogen and oxygen atoms in total. The Hall–Kier alpha value is -1.42. The van der Waals surface area contributed by atoms with E-state index in [-0.39, 0.29) is 5.88 Å². The van der Waals surface area contributed by atoms with E-state index in [0.29, 0.717) is 17.0 Å². The van der Waals surface area contributed by atoms with Gasteiger partial charge in [0, 0.05) is 6.07 Å². The van der Waals surface area contributed by atoms with Crippen molar-refractivity contribution in [1.29, 1.82) is 0 Å². The molecule has 0 saturated carbocycles. The van der Waals surface area contributed by atoms with Crippen molar-refractivity contribution in [3.05, 3.63) is 57.9 Å². The van der Waals surface area contributed by atoms with Crippen molar-refractivity contribution in [2.24, 2.45) is 0 Å². The third-order valence-electron chi connectivity index (χ3n) is 2.81. The quantitative estimate of drug-likeness (QED) is 0.762. The summed E-state index contributed by atoms with van der Waals surface area (Å²) in [5.41, 5.74) is 2.33. The highest BCUT2D eigenvalue weighted by molar-refractivity contribution is 9.10. The molecule has 0 atom stereocenters. The van der Waals surface area contributed by atoms with Crippen LogP contribution in [0.25, 0.3) is 0 Å². The van der Waals surface area contributed by atoms with Gasteiger partial charge < -0.3 is 4.74 Å². The zero-order chi connectivity index (χ0) is 13.8. The predicted molar refractivity (Wildman–Crippen MR) is 76.8 cm³/mol. The number of hydrogen-bond acceptors (Lipinski definition) is 2. The van der Waals surface area contributed by atoms with Gasteiger partial charge in [0.15, 0.2) is 0 Å². The van der Waals surface area contributed by atoms with Crippen LogP contribution in [0.15, 0.2) is 40.9 Å². The summed E-state index contributed by atoms with van der Waals surface area (Å²) in [5, 5.41) is 0. The molecular weight excluding hydrogens is 309 g/mol. The van der Waals surface area contributed by atoms with E-state index in [1.54, 1.807) is 12.1 Å². The maximum Gasteiger partial charge on any atom is 0.230 e. The third-order valence-corrected chi connectivity index (χ3v) is 3.40. The number of pyridine rings is 1. The predicted octanol–water partition coefficient (Wildman–Crippen LogP) is 4.69. The van der Waals surface area contributed by atoms with Gasteiger partial charge in [0.25, 0.3) is 0 Å². The largest absolute Gasteiger partial charge is 0.473 e. The molecule has 2 rings (SSSR count). The number of rotatable bonds is 4. The average Bonchev–Trinajstić information content (AvgIpc) is 2.40. The van der Waals surface area contributed by atoms with E-state index in [1.807, 2.05) is 12.1 Å². The molecule has 2 aromatic rings. The van der Waals surface area contributed by atoms with Crippen LogP contribution in [-0.4, -0.2) is 4.98 Å². The lowest BCUT2D eigenvalue weighted by Gasteiger charge is -2.08. The second kappa shape index (κ2) is 6.15. The highest BCUT2D eigenvalue weighted by Crippen LogP contribution is 2.19. The van der Waals surface area contributed by atoms with Gasteiger partial charge in [-0.05, 0) is 39.0 Å². The van der Waals surface area contributed by atoms with Crippen LogP contribution >= 0.6 is 15.9 Å². The zero-order valence-electron chi connectivity index (χ0n) is 10.9. The number of nitrogens with zero attached hydrogens (tertiary/aromatic N) is 1. The Balaban J connectivity index is 2.00. The summed E-state index contributed by atoms with van der Waals surface area (Å²) in [5.74, 6) is 0.235. The van der Waals surface area contributed by atoms with Gasteiger partial charge in [-0.3, -0.25) is 0 Å². The second-order valence-electron chi connectivity index (χ2n) is 4.61. The molecule has 0 aliphatic carbocycles. The Bertz CT molecular complexity index is 555. The van der Waals surface area contributed by atoms with Crippen LogP contribution < -0.4 is 4.74 Å². The summed E-state index contributed by atoms with van der Waals surface area (Å²) >= 11 is 3.05. The van der Waals surface area contributed by atoms with Gasteiger partial charge in [-0.1, -0.05) is 38.1 Å². The van der Waals surface area contributed by atoms with E-state index in [4.69, 9.17) is 4.74 Å². The van der Waals surface area contributed by atoms with E-state index in [1.165, 1.54) is 5.56 Å². The normalized spacial score (nSPS) is 10.8. The molecule has 0 aliphatic rings. The zero-order valence-corrected chi connectivity index (χ0v) is 12.4. The Morgan fingerprint density at radius 3 is 2.42 bits per heavy atom. The van der Waals surface area contributed by atoms with Crippen LogP contribution in [-0.2, 0) is 6.61 Å². The molecule has 0 saturated heterocycles. The van der Waals surface area contributed by atoms with Crippen molar-refractivity contribution < 1.29 is 9.13 Å². The highest BCUT2D eigenvalue weighted by Gasteiger charge is 2.04. The molecule has 19 heavy (non-hydrogen) atoms. The lowest BCUT2D eigenvalue weighted by molar-refractivity contribution is 0.289. The van der Waals surface area contributed by atoms with Crippen LogP contribution in [0.2, 0.25) is 0 Å². The Kier molecular flexibility index (Phi) is 4.53. The van der Waals surface area contributed by atoms with Crippen molar-refractivity contribution in [1.82, 2.24) is 4.98 Å². The molecular formula is C15H15BrFNO. The number of benzene rings is 1. The van der Waals surface area contributed by atoms with E-state index in [0.717, 1.165) is 5.56 Å². The van der Waals surface area contributed by atoms with Gasteiger partial charge in [-0.15, -0.1) is 0 Å². The fourth-order valence-corrected chi connectivity index (χ4v) is 1.86. The monoisotopic (exact) mass is 323 g/mol. The fourth-order valence-electron chi connectivity index (χ4n) is 1.64.